The lowest BCUT2D eigenvalue weighted by Crippen LogP contribution is -2.19. The number of hydrogen-bond acceptors (Lipinski definition) is 9. The first-order valence-electron chi connectivity index (χ1n) is 5.18. The van der Waals surface area contributed by atoms with Crippen molar-refractivity contribution < 1.29 is 19.1 Å². The summed E-state index contributed by atoms with van der Waals surface area (Å²) in [6.45, 7) is -0.110. The molecule has 1 heterocycles. The van der Waals surface area contributed by atoms with Crippen LogP contribution in [0, 0.1) is 0 Å². The number of methoxy groups -OCH3 is 2. The third-order valence-corrected chi connectivity index (χ3v) is 1.88. The van der Waals surface area contributed by atoms with Crippen LogP contribution >= 0.6 is 0 Å². The molecule has 0 atom stereocenters. The van der Waals surface area contributed by atoms with Crippen LogP contribution in [0.1, 0.15) is 0 Å². The Morgan fingerprint density at radius 3 is 2.26 bits per heavy atom. The Hall–Kier alpha value is -2.65. The Labute approximate surface area is 108 Å². The first-order chi connectivity index (χ1) is 9.08. The summed E-state index contributed by atoms with van der Waals surface area (Å²) in [4.78, 5) is 33.8. The second kappa shape index (κ2) is 6.93. The maximum Gasteiger partial charge on any atom is 0.413 e. The average Bonchev–Trinajstić information content (AvgIpc) is 2.44. The summed E-state index contributed by atoms with van der Waals surface area (Å²) in [5, 5.41) is 7.61. The summed E-state index contributed by atoms with van der Waals surface area (Å²) in [5.41, 5.74) is 0. The van der Waals surface area contributed by atoms with Crippen LogP contribution in [0.3, 0.4) is 0 Å². The fourth-order valence-electron chi connectivity index (χ4n) is 0.988. The van der Waals surface area contributed by atoms with Gasteiger partial charge in [0.05, 0.1) is 14.2 Å². The van der Waals surface area contributed by atoms with Gasteiger partial charge in [0.2, 0.25) is 17.8 Å². The van der Waals surface area contributed by atoms with Crippen LogP contribution in [-0.2, 0) is 14.3 Å². The third kappa shape index (κ3) is 4.61. The van der Waals surface area contributed by atoms with Crippen molar-refractivity contribution in [2.24, 2.45) is 0 Å². The maximum atomic E-state index is 11.1. The van der Waals surface area contributed by atoms with Crippen molar-refractivity contribution in [2.45, 2.75) is 0 Å². The van der Waals surface area contributed by atoms with Gasteiger partial charge >= 0.3 is 12.1 Å². The van der Waals surface area contributed by atoms with E-state index in [9.17, 15) is 9.59 Å². The van der Waals surface area contributed by atoms with Gasteiger partial charge in [-0.2, -0.15) is 15.0 Å². The number of nitrogens with one attached hydrogen (secondary N) is 3. The lowest BCUT2D eigenvalue weighted by molar-refractivity contribution is -0.138. The van der Waals surface area contributed by atoms with Crippen molar-refractivity contribution in [1.82, 2.24) is 15.0 Å². The molecule has 10 nitrogen and oxygen atoms in total. The molecule has 1 aromatic heterocycles. The molecule has 0 fully saturated rings. The van der Waals surface area contributed by atoms with Gasteiger partial charge < -0.3 is 20.1 Å². The van der Waals surface area contributed by atoms with Crippen molar-refractivity contribution in [3.63, 3.8) is 0 Å². The first kappa shape index (κ1) is 14.4. The number of aromatic nitrogens is 3. The number of ether oxygens (including phenoxy) is 2. The Balaban J connectivity index is 2.82. The molecule has 104 valence electrons. The Morgan fingerprint density at radius 1 is 1.05 bits per heavy atom. The van der Waals surface area contributed by atoms with Crippen molar-refractivity contribution in [1.29, 1.82) is 0 Å². The zero-order valence-electron chi connectivity index (χ0n) is 10.7. The monoisotopic (exact) mass is 270 g/mol. The fraction of sp³-hybridized carbons (Fsp3) is 0.444. The zero-order chi connectivity index (χ0) is 14.3. The molecule has 0 unspecified atom stereocenters. The van der Waals surface area contributed by atoms with Gasteiger partial charge in [0.25, 0.3) is 0 Å². The van der Waals surface area contributed by atoms with Gasteiger partial charge in [-0.15, -0.1) is 0 Å². The van der Waals surface area contributed by atoms with Crippen LogP contribution in [0.2, 0.25) is 0 Å². The van der Waals surface area contributed by atoms with Gasteiger partial charge in [0.1, 0.15) is 6.54 Å². The second-order valence-electron chi connectivity index (χ2n) is 3.10. The highest BCUT2D eigenvalue weighted by Gasteiger charge is 2.09. The van der Waals surface area contributed by atoms with E-state index < -0.39 is 12.1 Å². The van der Waals surface area contributed by atoms with E-state index in [1.54, 1.807) is 7.05 Å². The van der Waals surface area contributed by atoms with Crippen molar-refractivity contribution in [3.8, 4) is 0 Å². The molecule has 0 aromatic carbocycles. The molecule has 0 aliphatic rings. The number of nitrogens with zero attached hydrogens (tertiary/aromatic N) is 3. The van der Waals surface area contributed by atoms with E-state index in [1.165, 1.54) is 14.2 Å². The van der Waals surface area contributed by atoms with Gasteiger partial charge in [-0.05, 0) is 0 Å². The number of hydrogen-bond donors (Lipinski definition) is 3. The highest BCUT2D eigenvalue weighted by molar-refractivity contribution is 5.82. The molecule has 19 heavy (non-hydrogen) atoms. The van der Waals surface area contributed by atoms with Crippen LogP contribution in [0.4, 0.5) is 22.6 Å². The van der Waals surface area contributed by atoms with E-state index in [2.05, 4.69) is 40.4 Å². The predicted molar refractivity (Wildman–Crippen MR) is 65.9 cm³/mol. The summed E-state index contributed by atoms with van der Waals surface area (Å²) < 4.78 is 8.88. The highest BCUT2D eigenvalue weighted by atomic mass is 16.5. The summed E-state index contributed by atoms with van der Waals surface area (Å²) in [6.07, 6.45) is -0.716. The minimum absolute atomic E-state index is 0.0152. The Kier molecular flexibility index (Phi) is 5.26. The molecule has 0 saturated heterocycles. The zero-order valence-corrected chi connectivity index (χ0v) is 10.7. The highest BCUT2D eigenvalue weighted by Crippen LogP contribution is 2.08. The predicted octanol–water partition coefficient (Wildman–Crippen LogP) is -0.324. The van der Waals surface area contributed by atoms with Crippen LogP contribution in [0.15, 0.2) is 0 Å². The van der Waals surface area contributed by atoms with Crippen LogP contribution in [0.25, 0.3) is 0 Å². The van der Waals surface area contributed by atoms with E-state index in [0.717, 1.165) is 0 Å². The first-order valence-corrected chi connectivity index (χ1v) is 5.18. The van der Waals surface area contributed by atoms with E-state index >= 15 is 0 Å². The number of carbonyl (C=O) groups is 2. The van der Waals surface area contributed by atoms with Gasteiger partial charge in [0, 0.05) is 7.05 Å². The average molecular weight is 270 g/mol. The third-order valence-electron chi connectivity index (χ3n) is 1.88. The number of esters is 1. The van der Waals surface area contributed by atoms with Gasteiger partial charge in [-0.25, -0.2) is 4.79 Å². The molecule has 3 N–H and O–H groups in total. The molecule has 0 saturated carbocycles. The topological polar surface area (TPSA) is 127 Å². The second-order valence-corrected chi connectivity index (χ2v) is 3.10. The summed E-state index contributed by atoms with van der Waals surface area (Å²) in [7, 11) is 4.08. The molecule has 1 rings (SSSR count). The molecule has 0 bridgehead atoms. The molecule has 10 heteroatoms. The van der Waals surface area contributed by atoms with Crippen LogP contribution < -0.4 is 16.0 Å². The van der Waals surface area contributed by atoms with Crippen molar-refractivity contribution in [2.75, 3.05) is 43.8 Å². The normalized spacial score (nSPS) is 9.42. The summed E-state index contributed by atoms with van der Waals surface area (Å²) >= 11 is 0. The molecule has 1 aromatic rings. The van der Waals surface area contributed by atoms with Crippen LogP contribution in [-0.4, -0.2) is 54.8 Å². The molecular formula is C9H14N6O4. The van der Waals surface area contributed by atoms with Crippen molar-refractivity contribution >= 4 is 29.9 Å². The van der Waals surface area contributed by atoms with E-state index in [-0.39, 0.29) is 24.4 Å². The molecular weight excluding hydrogens is 256 g/mol. The molecule has 0 radical (unpaired) electrons. The minimum Gasteiger partial charge on any atom is -0.468 e. The lowest BCUT2D eigenvalue weighted by atomic mass is 10.6. The van der Waals surface area contributed by atoms with E-state index in [4.69, 9.17) is 0 Å². The Bertz CT molecular complexity index is 466. The fourth-order valence-corrected chi connectivity index (χ4v) is 0.988. The maximum absolute atomic E-state index is 11.1. The van der Waals surface area contributed by atoms with Crippen molar-refractivity contribution in [3.05, 3.63) is 0 Å². The van der Waals surface area contributed by atoms with Gasteiger partial charge in [0.15, 0.2) is 0 Å². The minimum atomic E-state index is -0.716. The van der Waals surface area contributed by atoms with Crippen LogP contribution in [0.5, 0.6) is 0 Å². The molecule has 0 aliphatic heterocycles. The standard InChI is InChI=1S/C9H14N6O4/c1-10-6-12-7(11-4-5(16)18-2)14-8(13-6)15-9(17)19-3/h4H2,1-3H3,(H3,10,11,12,13,14,15,17). The smallest absolute Gasteiger partial charge is 0.413 e. The largest absolute Gasteiger partial charge is 0.468 e. The summed E-state index contributed by atoms with van der Waals surface area (Å²) in [6, 6.07) is 0. The van der Waals surface area contributed by atoms with Gasteiger partial charge in [-0.1, -0.05) is 0 Å². The van der Waals surface area contributed by atoms with E-state index in [0.29, 0.717) is 0 Å². The molecule has 0 aliphatic carbocycles. The van der Waals surface area contributed by atoms with Gasteiger partial charge in [-0.3, -0.25) is 10.1 Å². The lowest BCUT2D eigenvalue weighted by Gasteiger charge is -2.08. The number of amides is 1. The number of carbonyl (C=O) groups excluding carboxylic acids is 2. The molecule has 0 spiro atoms. The number of anilines is 3. The summed E-state index contributed by atoms with van der Waals surface area (Å²) in [5.74, 6) is -0.169. The SMILES string of the molecule is CNc1nc(NCC(=O)OC)nc(NC(=O)OC)n1. The quantitative estimate of drug-likeness (QED) is 0.616. The van der Waals surface area contributed by atoms with E-state index in [1.807, 2.05) is 0 Å². The Morgan fingerprint density at radius 2 is 1.68 bits per heavy atom. The number of rotatable bonds is 5. The molecule has 1 amide bonds.